The zero-order valence-corrected chi connectivity index (χ0v) is 27.8. The van der Waals surface area contributed by atoms with Crippen molar-refractivity contribution in [1.82, 2.24) is 24.7 Å². The molecule has 3 aliphatic rings. The lowest BCUT2D eigenvalue weighted by Crippen LogP contribution is -2.57. The van der Waals surface area contributed by atoms with Gasteiger partial charge in [0.25, 0.3) is 0 Å². The number of amides is 2. The Morgan fingerprint density at radius 2 is 1.73 bits per heavy atom. The number of aryl methyl sites for hydroxylation is 1. The molecule has 0 aliphatic carbocycles. The molecule has 242 valence electrons. The molecule has 9 heteroatoms. The summed E-state index contributed by atoms with van der Waals surface area (Å²) in [7, 11) is 0. The third kappa shape index (κ3) is 6.37. The van der Waals surface area contributed by atoms with Crippen LogP contribution in [0.4, 0.5) is 4.39 Å². The van der Waals surface area contributed by atoms with Crippen LogP contribution in [-0.4, -0.2) is 74.8 Å². The maximum absolute atomic E-state index is 14.6. The third-order valence-corrected chi connectivity index (χ3v) is 11.1. The first-order valence-electron chi connectivity index (χ1n) is 16.6. The first-order chi connectivity index (χ1) is 21.5. The minimum absolute atomic E-state index is 0.0729. The Morgan fingerprint density at radius 3 is 2.38 bits per heavy atom. The second-order valence-corrected chi connectivity index (χ2v) is 14.9. The van der Waals surface area contributed by atoms with E-state index in [1.165, 1.54) is 24.4 Å². The summed E-state index contributed by atoms with van der Waals surface area (Å²) in [6.45, 7) is 10.1. The van der Waals surface area contributed by atoms with Gasteiger partial charge in [0.05, 0.1) is 11.0 Å². The van der Waals surface area contributed by atoms with E-state index in [0.717, 1.165) is 55.6 Å². The van der Waals surface area contributed by atoms with Crippen molar-refractivity contribution in [2.75, 3.05) is 25.5 Å². The Morgan fingerprint density at radius 1 is 1.04 bits per heavy atom. The van der Waals surface area contributed by atoms with Crippen LogP contribution >= 0.6 is 11.6 Å². The molecule has 7 nitrogen and oxygen atoms in total. The van der Waals surface area contributed by atoms with Crippen LogP contribution in [0.3, 0.4) is 0 Å². The number of benzene rings is 2. The molecule has 1 aromatic heterocycles. The lowest BCUT2D eigenvalue weighted by molar-refractivity contribution is -0.140. The first kappa shape index (κ1) is 32.0. The minimum Gasteiger partial charge on any atom is -0.343 e. The van der Waals surface area contributed by atoms with Crippen LogP contribution in [0.25, 0.3) is 11.0 Å². The van der Waals surface area contributed by atoms with E-state index in [2.05, 4.69) is 52.0 Å². The third-order valence-electron chi connectivity index (χ3n) is 10.9. The number of carbonyl (C=O) groups is 2. The van der Waals surface area contributed by atoms with Gasteiger partial charge in [-0.2, -0.15) is 0 Å². The van der Waals surface area contributed by atoms with Gasteiger partial charge in [-0.1, -0.05) is 45.0 Å². The average Bonchev–Trinajstić information content (AvgIpc) is 3.48. The average molecular weight is 636 g/mol. The normalized spacial score (nSPS) is 24.1. The molecule has 3 saturated heterocycles. The summed E-state index contributed by atoms with van der Waals surface area (Å²) in [4.78, 5) is 35.4. The summed E-state index contributed by atoms with van der Waals surface area (Å²) in [5.41, 5.74) is 2.66. The van der Waals surface area contributed by atoms with E-state index in [4.69, 9.17) is 16.6 Å². The van der Waals surface area contributed by atoms with Crippen molar-refractivity contribution in [2.24, 2.45) is 5.41 Å². The number of hydrogen-bond donors (Lipinski definition) is 1. The summed E-state index contributed by atoms with van der Waals surface area (Å²) in [5.74, 6) is 0.282. The highest BCUT2D eigenvalue weighted by Crippen LogP contribution is 2.45. The molecule has 4 heterocycles. The molecule has 2 aromatic carbocycles. The molecule has 1 unspecified atom stereocenters. The van der Waals surface area contributed by atoms with Crippen LogP contribution in [0.2, 0.25) is 0 Å². The van der Waals surface area contributed by atoms with Crippen molar-refractivity contribution in [2.45, 2.75) is 102 Å². The second kappa shape index (κ2) is 12.7. The molecule has 0 radical (unpaired) electrons. The largest absolute Gasteiger partial charge is 0.343 e. The van der Waals surface area contributed by atoms with Crippen LogP contribution in [0, 0.1) is 18.2 Å². The van der Waals surface area contributed by atoms with E-state index in [-0.39, 0.29) is 28.9 Å². The molecule has 2 bridgehead atoms. The summed E-state index contributed by atoms with van der Waals surface area (Å²) in [6.07, 6.45) is 7.11. The fraction of sp³-hybridized carbons (Fsp3) is 0.583. The number of likely N-dealkylation sites (tertiary alicyclic amines) is 1. The monoisotopic (exact) mass is 635 g/mol. The number of fused-ring (bicyclic) bond motifs is 3. The quantitative estimate of drug-likeness (QED) is 0.292. The number of nitrogens with one attached hydrogen (secondary N) is 1. The maximum atomic E-state index is 14.6. The van der Waals surface area contributed by atoms with Gasteiger partial charge in [-0.25, -0.2) is 9.37 Å². The van der Waals surface area contributed by atoms with Crippen molar-refractivity contribution < 1.29 is 14.0 Å². The number of aromatic nitrogens is 2. The summed E-state index contributed by atoms with van der Waals surface area (Å²) in [6, 6.07) is 16.4. The topological polar surface area (TPSA) is 70.5 Å². The van der Waals surface area contributed by atoms with E-state index >= 15 is 0 Å². The Hall–Kier alpha value is -2.97. The van der Waals surface area contributed by atoms with E-state index in [0.29, 0.717) is 31.2 Å². The van der Waals surface area contributed by atoms with Gasteiger partial charge in [-0.05, 0) is 99.1 Å². The van der Waals surface area contributed by atoms with Crippen LogP contribution in [0.1, 0.15) is 83.1 Å². The second-order valence-electron chi connectivity index (χ2n) is 14.6. The van der Waals surface area contributed by atoms with Crippen LogP contribution < -0.4 is 5.32 Å². The van der Waals surface area contributed by atoms with Gasteiger partial charge in [0.1, 0.15) is 23.6 Å². The Kier molecular flexibility index (Phi) is 9.01. The summed E-state index contributed by atoms with van der Waals surface area (Å²) >= 11 is 5.77. The Balaban J connectivity index is 1.17. The van der Waals surface area contributed by atoms with E-state index in [1.807, 2.05) is 31.7 Å². The molecule has 45 heavy (non-hydrogen) atoms. The summed E-state index contributed by atoms with van der Waals surface area (Å²) in [5, 5.41) is 2.85. The molecular weight excluding hydrogens is 589 g/mol. The summed E-state index contributed by atoms with van der Waals surface area (Å²) < 4.78 is 17.1. The van der Waals surface area contributed by atoms with Gasteiger partial charge >= 0.3 is 0 Å². The number of nitrogens with zero attached hydrogens (tertiary/aromatic N) is 4. The minimum atomic E-state index is -0.654. The molecule has 6 rings (SSSR count). The number of para-hydroxylation sites is 2. The van der Waals surface area contributed by atoms with Gasteiger partial charge < -0.3 is 14.8 Å². The Labute approximate surface area is 271 Å². The SMILES string of the molecule is Cc1nc2ccccc2n1C1C[C@H]2CC[C@@H](C1)N2CCC1(c2cccc(F)c2)CCN(C(=O)[C@@H](NC(=O)CCl)C(C)(C)C)CC1. The van der Waals surface area contributed by atoms with Crippen molar-refractivity contribution >= 4 is 34.4 Å². The van der Waals surface area contributed by atoms with Gasteiger partial charge in [-0.15, -0.1) is 11.6 Å². The smallest absolute Gasteiger partial charge is 0.245 e. The fourth-order valence-electron chi connectivity index (χ4n) is 8.48. The molecule has 4 atom stereocenters. The maximum Gasteiger partial charge on any atom is 0.245 e. The molecule has 0 saturated carbocycles. The van der Waals surface area contributed by atoms with E-state index in [1.54, 1.807) is 6.07 Å². The van der Waals surface area contributed by atoms with Crippen molar-refractivity contribution in [3.8, 4) is 0 Å². The molecule has 3 fully saturated rings. The molecular formula is C36H47ClFN5O2. The van der Waals surface area contributed by atoms with Crippen LogP contribution in [-0.2, 0) is 15.0 Å². The number of imidazole rings is 1. The lowest BCUT2D eigenvalue weighted by atomic mass is 9.70. The number of carbonyl (C=O) groups excluding carboxylic acids is 2. The zero-order chi connectivity index (χ0) is 31.9. The molecule has 0 spiro atoms. The van der Waals surface area contributed by atoms with Gasteiger partial charge in [0, 0.05) is 31.2 Å². The number of alkyl halides is 1. The van der Waals surface area contributed by atoms with Crippen molar-refractivity contribution in [3.05, 3.63) is 65.7 Å². The highest BCUT2D eigenvalue weighted by Gasteiger charge is 2.45. The molecule has 2 amide bonds. The highest BCUT2D eigenvalue weighted by atomic mass is 35.5. The van der Waals surface area contributed by atoms with Gasteiger partial charge in [0.15, 0.2) is 0 Å². The highest BCUT2D eigenvalue weighted by molar-refractivity contribution is 6.27. The number of piperidine rings is 2. The predicted octanol–water partition coefficient (Wildman–Crippen LogP) is 6.37. The van der Waals surface area contributed by atoms with Gasteiger partial charge in [-0.3, -0.25) is 14.5 Å². The van der Waals surface area contributed by atoms with Crippen LogP contribution in [0.15, 0.2) is 48.5 Å². The molecule has 3 aromatic rings. The van der Waals surface area contributed by atoms with Crippen LogP contribution in [0.5, 0.6) is 0 Å². The van der Waals surface area contributed by atoms with E-state index in [9.17, 15) is 14.0 Å². The molecule has 3 aliphatic heterocycles. The van der Waals surface area contributed by atoms with E-state index < -0.39 is 11.5 Å². The van der Waals surface area contributed by atoms with Crippen molar-refractivity contribution in [1.29, 1.82) is 0 Å². The zero-order valence-electron chi connectivity index (χ0n) is 27.1. The Bertz CT molecular complexity index is 1530. The fourth-order valence-corrected chi connectivity index (χ4v) is 8.55. The number of hydrogen-bond acceptors (Lipinski definition) is 4. The lowest BCUT2D eigenvalue weighted by Gasteiger charge is -2.46. The van der Waals surface area contributed by atoms with Crippen molar-refractivity contribution in [3.63, 3.8) is 0 Å². The predicted molar refractivity (Wildman–Crippen MR) is 177 cm³/mol. The number of halogens is 2. The number of rotatable bonds is 8. The van der Waals surface area contributed by atoms with Gasteiger partial charge in [0.2, 0.25) is 11.8 Å². The first-order valence-corrected chi connectivity index (χ1v) is 17.1. The molecule has 1 N–H and O–H groups in total. The standard InChI is InChI=1S/C36H47ClFN5O2/c1-24-39-30-10-5-6-11-31(30)43(24)29-21-27-12-13-28(22-29)42(27)19-16-36(25-8-7-9-26(38)20-25)14-17-41(18-15-36)34(45)33(35(2,3)4)40-32(44)23-37/h5-11,20,27-29,33H,12-19,21-23H2,1-4H3,(H,40,44)/t27-,28+,29?,33-/m1/s1.